The molecule has 26 heavy (non-hydrogen) atoms. The summed E-state index contributed by atoms with van der Waals surface area (Å²) in [6, 6.07) is 12.1. The molecular weight excluding hydrogens is 350 g/mol. The lowest BCUT2D eigenvalue weighted by atomic mass is 10.1. The van der Waals surface area contributed by atoms with Gasteiger partial charge in [-0.15, -0.1) is 0 Å². The largest absolute Gasteiger partial charge is 0.490 e. The van der Waals surface area contributed by atoms with Crippen LogP contribution in [0.2, 0.25) is 5.02 Å². The van der Waals surface area contributed by atoms with Crippen molar-refractivity contribution < 1.29 is 14.6 Å². The molecule has 0 aliphatic carbocycles. The molecule has 0 aliphatic rings. The van der Waals surface area contributed by atoms with Crippen LogP contribution in [0.1, 0.15) is 37.0 Å². The Hall–Kier alpha value is -1.75. The van der Waals surface area contributed by atoms with E-state index in [4.69, 9.17) is 21.1 Å². The maximum atomic E-state index is 9.30. The first-order valence-electron chi connectivity index (χ1n) is 9.05. The molecule has 0 aliphatic heterocycles. The summed E-state index contributed by atoms with van der Waals surface area (Å²) in [5, 5.41) is 13.1. The van der Waals surface area contributed by atoms with E-state index in [0.29, 0.717) is 36.3 Å². The highest BCUT2D eigenvalue weighted by Crippen LogP contribution is 2.37. The summed E-state index contributed by atoms with van der Waals surface area (Å²) in [4.78, 5) is 0. The molecule has 0 aromatic heterocycles. The summed E-state index contributed by atoms with van der Waals surface area (Å²) in [7, 11) is 0. The molecule has 2 rings (SSSR count). The van der Waals surface area contributed by atoms with Gasteiger partial charge in [0, 0.05) is 12.6 Å². The van der Waals surface area contributed by atoms with Crippen LogP contribution in [0.4, 0.5) is 0 Å². The Labute approximate surface area is 161 Å². The highest BCUT2D eigenvalue weighted by molar-refractivity contribution is 6.32. The van der Waals surface area contributed by atoms with Gasteiger partial charge in [-0.05, 0) is 43.5 Å². The van der Waals surface area contributed by atoms with Crippen LogP contribution < -0.4 is 14.8 Å². The van der Waals surface area contributed by atoms with Crippen LogP contribution in [-0.2, 0) is 13.2 Å². The third-order valence-electron chi connectivity index (χ3n) is 4.18. The number of ether oxygens (including phenoxy) is 2. The second kappa shape index (κ2) is 10.4. The minimum atomic E-state index is 0.0711. The van der Waals surface area contributed by atoms with Crippen LogP contribution in [-0.4, -0.2) is 24.4 Å². The number of halogens is 1. The number of hydrogen-bond donors (Lipinski definition) is 2. The monoisotopic (exact) mass is 377 g/mol. The minimum Gasteiger partial charge on any atom is -0.490 e. The predicted molar refractivity (Wildman–Crippen MR) is 106 cm³/mol. The third-order valence-corrected chi connectivity index (χ3v) is 4.46. The summed E-state index contributed by atoms with van der Waals surface area (Å²) in [5.74, 6) is 1.20. The van der Waals surface area contributed by atoms with Gasteiger partial charge in [0.15, 0.2) is 11.5 Å². The molecule has 2 aromatic rings. The zero-order chi connectivity index (χ0) is 18.9. The van der Waals surface area contributed by atoms with Gasteiger partial charge in [-0.2, -0.15) is 0 Å². The van der Waals surface area contributed by atoms with Crippen molar-refractivity contribution in [2.24, 2.45) is 0 Å². The van der Waals surface area contributed by atoms with Gasteiger partial charge in [-0.25, -0.2) is 0 Å². The van der Waals surface area contributed by atoms with Crippen molar-refractivity contribution in [3.05, 3.63) is 58.1 Å². The topological polar surface area (TPSA) is 50.7 Å². The summed E-state index contributed by atoms with van der Waals surface area (Å²) in [6.45, 7) is 7.71. The summed E-state index contributed by atoms with van der Waals surface area (Å²) < 4.78 is 11.7. The van der Waals surface area contributed by atoms with Crippen LogP contribution in [0.25, 0.3) is 0 Å². The van der Waals surface area contributed by atoms with Crippen LogP contribution >= 0.6 is 11.6 Å². The van der Waals surface area contributed by atoms with Crippen LogP contribution in [0.5, 0.6) is 11.5 Å². The van der Waals surface area contributed by atoms with Crippen molar-refractivity contribution in [1.29, 1.82) is 0 Å². The molecule has 0 heterocycles. The zero-order valence-corrected chi connectivity index (χ0v) is 16.5. The number of aliphatic hydroxyl groups is 1. The molecule has 2 N–H and O–H groups in total. The molecule has 1 atom stereocenters. The van der Waals surface area contributed by atoms with Gasteiger partial charge in [0.25, 0.3) is 0 Å². The Kier molecular flexibility index (Phi) is 8.23. The normalized spacial score (nSPS) is 12.0. The quantitative estimate of drug-likeness (QED) is 0.640. The van der Waals surface area contributed by atoms with Crippen LogP contribution in [0.3, 0.4) is 0 Å². The minimum absolute atomic E-state index is 0.0711. The van der Waals surface area contributed by atoms with E-state index in [1.165, 1.54) is 5.56 Å². The maximum Gasteiger partial charge on any atom is 0.180 e. The lowest BCUT2D eigenvalue weighted by Gasteiger charge is -2.17. The number of rotatable bonds is 10. The van der Waals surface area contributed by atoms with Crippen molar-refractivity contribution in [3.8, 4) is 11.5 Å². The first-order chi connectivity index (χ1) is 12.6. The fourth-order valence-corrected chi connectivity index (χ4v) is 2.85. The Morgan fingerprint density at radius 1 is 1.08 bits per heavy atom. The molecule has 0 saturated heterocycles. The maximum absolute atomic E-state index is 9.30. The van der Waals surface area contributed by atoms with E-state index in [2.05, 4.69) is 24.4 Å². The van der Waals surface area contributed by atoms with Crippen LogP contribution in [0, 0.1) is 6.92 Å². The van der Waals surface area contributed by atoms with Gasteiger partial charge < -0.3 is 19.9 Å². The number of hydrogen-bond acceptors (Lipinski definition) is 4. The molecule has 0 bridgehead atoms. The fourth-order valence-electron chi connectivity index (χ4n) is 2.57. The first-order valence-corrected chi connectivity index (χ1v) is 9.42. The molecular formula is C21H28ClNO3. The van der Waals surface area contributed by atoms with Gasteiger partial charge >= 0.3 is 0 Å². The molecule has 0 fully saturated rings. The molecule has 5 heteroatoms. The Morgan fingerprint density at radius 2 is 1.81 bits per heavy atom. The zero-order valence-electron chi connectivity index (χ0n) is 15.7. The lowest BCUT2D eigenvalue weighted by molar-refractivity contribution is 0.238. The number of benzene rings is 2. The van der Waals surface area contributed by atoms with Crippen molar-refractivity contribution in [3.63, 3.8) is 0 Å². The fraction of sp³-hybridized carbons (Fsp3) is 0.429. The third kappa shape index (κ3) is 5.90. The molecule has 0 amide bonds. The first kappa shape index (κ1) is 20.6. The standard InChI is InChI=1S/C21H28ClNO3/c1-4-18(13-24)23-12-17-10-19(22)21(20(11-17)25-5-2)26-14-16-8-6-15(3)7-9-16/h6-11,18,23-24H,4-5,12-14H2,1-3H3. The second-order valence-corrected chi connectivity index (χ2v) is 6.69. The molecule has 4 nitrogen and oxygen atoms in total. The van der Waals surface area contributed by atoms with E-state index in [-0.39, 0.29) is 12.6 Å². The van der Waals surface area contributed by atoms with Crippen molar-refractivity contribution in [1.82, 2.24) is 5.32 Å². The van der Waals surface area contributed by atoms with Crippen molar-refractivity contribution in [2.75, 3.05) is 13.2 Å². The Balaban J connectivity index is 2.13. The van der Waals surface area contributed by atoms with E-state index in [9.17, 15) is 5.11 Å². The highest BCUT2D eigenvalue weighted by Gasteiger charge is 2.14. The van der Waals surface area contributed by atoms with Gasteiger partial charge in [0.1, 0.15) is 6.61 Å². The van der Waals surface area contributed by atoms with Crippen molar-refractivity contribution in [2.45, 2.75) is 46.4 Å². The summed E-state index contributed by atoms with van der Waals surface area (Å²) in [5.41, 5.74) is 3.29. The smallest absolute Gasteiger partial charge is 0.180 e. The van der Waals surface area contributed by atoms with Crippen LogP contribution in [0.15, 0.2) is 36.4 Å². The number of aliphatic hydroxyl groups excluding tert-OH is 1. The molecule has 0 saturated carbocycles. The van der Waals surface area contributed by atoms with E-state index in [0.717, 1.165) is 17.5 Å². The van der Waals surface area contributed by atoms with E-state index in [1.54, 1.807) is 0 Å². The lowest BCUT2D eigenvalue weighted by Crippen LogP contribution is -2.31. The average Bonchev–Trinajstić information content (AvgIpc) is 2.63. The van der Waals surface area contributed by atoms with E-state index < -0.39 is 0 Å². The predicted octanol–water partition coefficient (Wildman–Crippen LogP) is 4.49. The van der Waals surface area contributed by atoms with Gasteiger partial charge in [0.2, 0.25) is 0 Å². The molecule has 0 radical (unpaired) electrons. The number of nitrogens with one attached hydrogen (secondary N) is 1. The SMILES string of the molecule is CCOc1cc(CNC(CC)CO)cc(Cl)c1OCc1ccc(C)cc1. The van der Waals surface area contributed by atoms with Gasteiger partial charge in [-0.1, -0.05) is 48.4 Å². The van der Waals surface area contributed by atoms with E-state index in [1.807, 2.05) is 38.1 Å². The number of aryl methyl sites for hydroxylation is 1. The average molecular weight is 378 g/mol. The van der Waals surface area contributed by atoms with Gasteiger partial charge in [0.05, 0.1) is 18.2 Å². The highest BCUT2D eigenvalue weighted by atomic mass is 35.5. The molecule has 2 aromatic carbocycles. The summed E-state index contributed by atoms with van der Waals surface area (Å²) >= 11 is 6.46. The Bertz CT molecular complexity index is 684. The van der Waals surface area contributed by atoms with Gasteiger partial charge in [-0.3, -0.25) is 0 Å². The molecule has 142 valence electrons. The summed E-state index contributed by atoms with van der Waals surface area (Å²) in [6.07, 6.45) is 0.861. The second-order valence-electron chi connectivity index (χ2n) is 6.28. The van der Waals surface area contributed by atoms with E-state index >= 15 is 0 Å². The Morgan fingerprint density at radius 3 is 2.42 bits per heavy atom. The van der Waals surface area contributed by atoms with Crippen molar-refractivity contribution >= 4 is 11.6 Å². The molecule has 1 unspecified atom stereocenters. The molecule has 0 spiro atoms.